The quantitative estimate of drug-likeness (QED) is 0.790. The Morgan fingerprint density at radius 2 is 1.90 bits per heavy atom. The summed E-state index contributed by atoms with van der Waals surface area (Å²) in [5.41, 5.74) is 2.17. The standard InChI is InChI=1S/C16H23NO3/c1-5-14-13(10-17-11(2)16(18-3)19-4)12-8-6-7-9-15(12)20-14/h6-9,11,16-17H,5,10H2,1-4H3. The van der Waals surface area contributed by atoms with E-state index in [2.05, 4.69) is 18.3 Å². The third-order valence-electron chi connectivity index (χ3n) is 3.58. The maximum Gasteiger partial charge on any atom is 0.171 e. The number of para-hydroxylation sites is 1. The molecule has 1 aromatic carbocycles. The SMILES string of the molecule is CCc1oc2ccccc2c1CNC(C)C(OC)OC. The zero-order valence-electron chi connectivity index (χ0n) is 12.6. The van der Waals surface area contributed by atoms with Crippen LogP contribution >= 0.6 is 0 Å². The number of hydrogen-bond acceptors (Lipinski definition) is 4. The van der Waals surface area contributed by atoms with E-state index in [1.807, 2.05) is 25.1 Å². The molecule has 0 radical (unpaired) electrons. The molecule has 20 heavy (non-hydrogen) atoms. The van der Waals surface area contributed by atoms with Gasteiger partial charge in [-0.3, -0.25) is 0 Å². The summed E-state index contributed by atoms with van der Waals surface area (Å²) < 4.78 is 16.4. The first-order valence-electron chi connectivity index (χ1n) is 6.99. The molecule has 0 saturated carbocycles. The predicted octanol–water partition coefficient (Wildman–Crippen LogP) is 3.09. The van der Waals surface area contributed by atoms with Gasteiger partial charge in [0.1, 0.15) is 11.3 Å². The zero-order valence-corrected chi connectivity index (χ0v) is 12.6. The minimum absolute atomic E-state index is 0.100. The van der Waals surface area contributed by atoms with Gasteiger partial charge >= 0.3 is 0 Å². The van der Waals surface area contributed by atoms with Crippen molar-refractivity contribution in [3.05, 3.63) is 35.6 Å². The second kappa shape index (κ2) is 6.88. The van der Waals surface area contributed by atoms with Crippen LogP contribution in [0.5, 0.6) is 0 Å². The van der Waals surface area contributed by atoms with E-state index in [1.54, 1.807) is 14.2 Å². The Balaban J connectivity index is 2.16. The average Bonchev–Trinajstić information content (AvgIpc) is 2.84. The zero-order chi connectivity index (χ0) is 14.5. The average molecular weight is 277 g/mol. The lowest BCUT2D eigenvalue weighted by molar-refractivity contribution is -0.119. The molecule has 0 spiro atoms. The third-order valence-corrected chi connectivity index (χ3v) is 3.58. The molecule has 0 aliphatic carbocycles. The highest BCUT2D eigenvalue weighted by molar-refractivity contribution is 5.82. The van der Waals surface area contributed by atoms with Crippen molar-refractivity contribution in [2.45, 2.75) is 39.1 Å². The van der Waals surface area contributed by atoms with Gasteiger partial charge in [0.05, 0.1) is 6.04 Å². The third kappa shape index (κ3) is 3.03. The number of rotatable bonds is 7. The van der Waals surface area contributed by atoms with Crippen LogP contribution in [-0.2, 0) is 22.4 Å². The fourth-order valence-corrected chi connectivity index (χ4v) is 2.49. The van der Waals surface area contributed by atoms with Crippen molar-refractivity contribution in [3.63, 3.8) is 0 Å². The molecule has 1 atom stereocenters. The number of aryl methyl sites for hydroxylation is 1. The van der Waals surface area contributed by atoms with E-state index in [1.165, 1.54) is 10.9 Å². The van der Waals surface area contributed by atoms with Crippen molar-refractivity contribution in [1.82, 2.24) is 5.32 Å². The van der Waals surface area contributed by atoms with Gasteiger partial charge in [0.25, 0.3) is 0 Å². The molecule has 1 N–H and O–H groups in total. The molecule has 2 rings (SSSR count). The maximum absolute atomic E-state index is 5.89. The lowest BCUT2D eigenvalue weighted by atomic mass is 10.1. The Bertz CT molecular complexity index is 546. The highest BCUT2D eigenvalue weighted by Gasteiger charge is 2.17. The number of nitrogens with one attached hydrogen (secondary N) is 1. The predicted molar refractivity (Wildman–Crippen MR) is 79.7 cm³/mol. The smallest absolute Gasteiger partial charge is 0.171 e. The monoisotopic (exact) mass is 277 g/mol. The molecule has 1 heterocycles. The van der Waals surface area contributed by atoms with Gasteiger partial charge in [0, 0.05) is 38.1 Å². The maximum atomic E-state index is 5.89. The van der Waals surface area contributed by atoms with Crippen molar-refractivity contribution in [2.24, 2.45) is 0 Å². The molecule has 1 unspecified atom stereocenters. The summed E-state index contributed by atoms with van der Waals surface area (Å²) in [4.78, 5) is 0. The molecule has 4 nitrogen and oxygen atoms in total. The van der Waals surface area contributed by atoms with Gasteiger partial charge in [0.15, 0.2) is 6.29 Å². The number of methoxy groups -OCH3 is 2. The van der Waals surface area contributed by atoms with Gasteiger partial charge in [-0.2, -0.15) is 0 Å². The fraction of sp³-hybridized carbons (Fsp3) is 0.500. The van der Waals surface area contributed by atoms with Gasteiger partial charge in [-0.1, -0.05) is 25.1 Å². The Morgan fingerprint density at radius 1 is 1.20 bits per heavy atom. The van der Waals surface area contributed by atoms with Gasteiger partial charge in [-0.25, -0.2) is 0 Å². The van der Waals surface area contributed by atoms with E-state index in [0.29, 0.717) is 0 Å². The van der Waals surface area contributed by atoms with E-state index in [9.17, 15) is 0 Å². The summed E-state index contributed by atoms with van der Waals surface area (Å²) in [5, 5.41) is 4.62. The molecule has 4 heteroatoms. The Labute approximate surface area is 120 Å². The van der Waals surface area contributed by atoms with E-state index in [-0.39, 0.29) is 12.3 Å². The fourth-order valence-electron chi connectivity index (χ4n) is 2.49. The van der Waals surface area contributed by atoms with Crippen LogP contribution in [0.3, 0.4) is 0 Å². The summed E-state index contributed by atoms with van der Waals surface area (Å²) in [6.45, 7) is 4.90. The number of hydrogen-bond donors (Lipinski definition) is 1. The molecule has 0 bridgehead atoms. The molecule has 0 aliphatic heterocycles. The highest BCUT2D eigenvalue weighted by atomic mass is 16.7. The number of fused-ring (bicyclic) bond motifs is 1. The van der Waals surface area contributed by atoms with Crippen LogP contribution in [0.4, 0.5) is 0 Å². The molecule has 0 fully saturated rings. The summed E-state index contributed by atoms with van der Waals surface area (Å²) >= 11 is 0. The topological polar surface area (TPSA) is 43.6 Å². The summed E-state index contributed by atoms with van der Waals surface area (Å²) in [7, 11) is 3.30. The second-order valence-electron chi connectivity index (χ2n) is 4.86. The summed E-state index contributed by atoms with van der Waals surface area (Å²) in [6, 6.07) is 8.25. The van der Waals surface area contributed by atoms with E-state index >= 15 is 0 Å². The van der Waals surface area contributed by atoms with Crippen LogP contribution in [0.15, 0.2) is 28.7 Å². The van der Waals surface area contributed by atoms with Crippen LogP contribution < -0.4 is 5.32 Å². The number of furan rings is 1. The van der Waals surface area contributed by atoms with Gasteiger partial charge < -0.3 is 19.2 Å². The summed E-state index contributed by atoms with van der Waals surface area (Å²) in [5.74, 6) is 1.04. The molecule has 0 saturated heterocycles. The van der Waals surface area contributed by atoms with Crippen molar-refractivity contribution < 1.29 is 13.9 Å². The summed E-state index contributed by atoms with van der Waals surface area (Å²) in [6.07, 6.45) is 0.635. The van der Waals surface area contributed by atoms with E-state index in [4.69, 9.17) is 13.9 Å². The normalized spacial score (nSPS) is 13.2. The van der Waals surface area contributed by atoms with E-state index < -0.39 is 0 Å². The lowest BCUT2D eigenvalue weighted by Gasteiger charge is -2.22. The molecule has 1 aromatic heterocycles. The highest BCUT2D eigenvalue weighted by Crippen LogP contribution is 2.26. The minimum Gasteiger partial charge on any atom is -0.461 e. The Morgan fingerprint density at radius 3 is 2.55 bits per heavy atom. The lowest BCUT2D eigenvalue weighted by Crippen LogP contribution is -2.39. The second-order valence-corrected chi connectivity index (χ2v) is 4.86. The van der Waals surface area contributed by atoms with Crippen molar-refractivity contribution in [1.29, 1.82) is 0 Å². The van der Waals surface area contributed by atoms with Crippen LogP contribution in [-0.4, -0.2) is 26.6 Å². The number of benzene rings is 1. The Kier molecular flexibility index (Phi) is 5.17. The molecular weight excluding hydrogens is 254 g/mol. The Hall–Kier alpha value is -1.36. The van der Waals surface area contributed by atoms with Gasteiger partial charge in [-0.05, 0) is 13.0 Å². The largest absolute Gasteiger partial charge is 0.461 e. The first-order chi connectivity index (χ1) is 9.71. The van der Waals surface area contributed by atoms with E-state index in [0.717, 1.165) is 24.3 Å². The first kappa shape index (κ1) is 15.0. The van der Waals surface area contributed by atoms with Crippen LogP contribution in [0.2, 0.25) is 0 Å². The minimum atomic E-state index is -0.252. The van der Waals surface area contributed by atoms with Crippen molar-refractivity contribution in [2.75, 3.05) is 14.2 Å². The molecule has 110 valence electrons. The van der Waals surface area contributed by atoms with Crippen molar-refractivity contribution >= 4 is 11.0 Å². The van der Waals surface area contributed by atoms with Crippen LogP contribution in [0, 0.1) is 0 Å². The van der Waals surface area contributed by atoms with Crippen LogP contribution in [0.1, 0.15) is 25.2 Å². The van der Waals surface area contributed by atoms with Gasteiger partial charge in [-0.15, -0.1) is 0 Å². The molecule has 0 aliphatic rings. The van der Waals surface area contributed by atoms with Crippen LogP contribution in [0.25, 0.3) is 11.0 Å². The van der Waals surface area contributed by atoms with Crippen molar-refractivity contribution in [3.8, 4) is 0 Å². The number of ether oxygens (including phenoxy) is 2. The molecule has 0 amide bonds. The molecule has 2 aromatic rings. The molecular formula is C16H23NO3. The first-order valence-corrected chi connectivity index (χ1v) is 6.99. The van der Waals surface area contributed by atoms with Gasteiger partial charge in [0.2, 0.25) is 0 Å².